The van der Waals surface area contributed by atoms with Gasteiger partial charge in [0.05, 0.1) is 0 Å². The SMILES string of the molecule is CCCCCCCCCCCCSC(=S)SC(C)(CC(CC(C)(C)C(=O)S)c1ccc(CCCCCCCCCCCC)cc1)C(=O)OC1CC(C)(C)NC(C)(C)C1. The number of ether oxygens (including phenoxy) is 1. The molecule has 8 heteroatoms. The molecule has 334 valence electrons. The van der Waals surface area contributed by atoms with E-state index in [0.717, 1.165) is 40.5 Å². The summed E-state index contributed by atoms with van der Waals surface area (Å²) in [7, 11) is 0. The molecule has 0 radical (unpaired) electrons. The molecule has 2 atom stereocenters. The van der Waals surface area contributed by atoms with Gasteiger partial charge in [0.25, 0.3) is 0 Å². The predicted molar refractivity (Wildman–Crippen MR) is 265 cm³/mol. The lowest BCUT2D eigenvalue weighted by atomic mass is 9.76. The van der Waals surface area contributed by atoms with Gasteiger partial charge < -0.3 is 10.1 Å². The lowest BCUT2D eigenvalue weighted by molar-refractivity contribution is -0.156. The summed E-state index contributed by atoms with van der Waals surface area (Å²) < 4.78 is 6.41. The summed E-state index contributed by atoms with van der Waals surface area (Å²) in [6.07, 6.45) is 29.9. The van der Waals surface area contributed by atoms with Crippen LogP contribution in [0.1, 0.15) is 233 Å². The van der Waals surface area contributed by atoms with E-state index in [-0.39, 0.29) is 34.2 Å². The molecule has 1 aliphatic rings. The number of nitrogens with one attached hydrogen (secondary N) is 1. The van der Waals surface area contributed by atoms with Crippen molar-refractivity contribution in [3.8, 4) is 0 Å². The van der Waals surface area contributed by atoms with Crippen LogP contribution in [0.5, 0.6) is 0 Å². The van der Waals surface area contributed by atoms with E-state index in [2.05, 4.69) is 83.8 Å². The van der Waals surface area contributed by atoms with Crippen LogP contribution in [0.4, 0.5) is 0 Å². The van der Waals surface area contributed by atoms with Gasteiger partial charge in [0.1, 0.15) is 14.4 Å². The van der Waals surface area contributed by atoms with Crippen LogP contribution in [0.15, 0.2) is 24.3 Å². The molecular formula is C50H87NO3S4. The molecule has 1 saturated heterocycles. The Morgan fingerprint density at radius 2 is 1.19 bits per heavy atom. The number of rotatable bonds is 31. The average Bonchev–Trinajstić information content (AvgIpc) is 3.13. The summed E-state index contributed by atoms with van der Waals surface area (Å²) in [4.78, 5) is 27.5. The second-order valence-corrected chi connectivity index (χ2v) is 24.1. The molecule has 1 aromatic rings. The van der Waals surface area contributed by atoms with Gasteiger partial charge in [-0.05, 0) is 89.5 Å². The molecule has 0 aromatic heterocycles. The second kappa shape index (κ2) is 28.2. The minimum Gasteiger partial charge on any atom is -0.461 e. The zero-order chi connectivity index (χ0) is 43.1. The van der Waals surface area contributed by atoms with Crippen molar-refractivity contribution in [2.75, 3.05) is 5.75 Å². The Bertz CT molecular complexity index is 1300. The summed E-state index contributed by atoms with van der Waals surface area (Å²) in [6, 6.07) is 9.00. The van der Waals surface area contributed by atoms with Crippen LogP contribution in [-0.2, 0) is 20.7 Å². The summed E-state index contributed by atoms with van der Waals surface area (Å²) in [6.45, 7) is 19.3. The summed E-state index contributed by atoms with van der Waals surface area (Å²) in [5.41, 5.74) is 1.55. The van der Waals surface area contributed by atoms with E-state index < -0.39 is 10.2 Å². The fourth-order valence-corrected chi connectivity index (χ4v) is 12.2. The van der Waals surface area contributed by atoms with Crippen LogP contribution in [-0.4, -0.2) is 42.3 Å². The van der Waals surface area contributed by atoms with Crippen LogP contribution in [0, 0.1) is 5.41 Å². The molecule has 1 N–H and O–H groups in total. The molecule has 1 aromatic carbocycles. The Kier molecular flexibility index (Phi) is 26.1. The largest absolute Gasteiger partial charge is 0.461 e. The van der Waals surface area contributed by atoms with E-state index in [1.165, 1.54) is 139 Å². The second-order valence-electron chi connectivity index (χ2n) is 19.9. The normalized spacial score (nSPS) is 17.1. The van der Waals surface area contributed by atoms with Gasteiger partial charge in [0, 0.05) is 29.3 Å². The number of aryl methyl sites for hydroxylation is 1. The van der Waals surface area contributed by atoms with Crippen molar-refractivity contribution in [1.82, 2.24) is 5.32 Å². The number of thioether (sulfide) groups is 2. The van der Waals surface area contributed by atoms with Crippen LogP contribution in [0.3, 0.4) is 0 Å². The summed E-state index contributed by atoms with van der Waals surface area (Å²) in [5.74, 6) is 0.712. The van der Waals surface area contributed by atoms with E-state index >= 15 is 0 Å². The zero-order valence-electron chi connectivity index (χ0n) is 38.7. The molecule has 0 amide bonds. The van der Waals surface area contributed by atoms with E-state index in [9.17, 15) is 9.59 Å². The van der Waals surface area contributed by atoms with Crippen LogP contribution >= 0.6 is 48.4 Å². The summed E-state index contributed by atoms with van der Waals surface area (Å²) >= 11 is 13.6. The van der Waals surface area contributed by atoms with E-state index in [1.807, 2.05) is 20.8 Å². The number of esters is 1. The molecule has 1 aliphatic heterocycles. The molecule has 0 spiro atoms. The van der Waals surface area contributed by atoms with E-state index in [0.29, 0.717) is 12.8 Å². The number of piperidine rings is 1. The first-order valence-electron chi connectivity index (χ1n) is 23.6. The number of benzene rings is 1. The van der Waals surface area contributed by atoms with Crippen LogP contribution in [0.25, 0.3) is 0 Å². The van der Waals surface area contributed by atoms with Crippen molar-refractivity contribution in [3.63, 3.8) is 0 Å². The Morgan fingerprint density at radius 3 is 1.66 bits per heavy atom. The first-order valence-corrected chi connectivity index (χ1v) is 26.3. The smallest absolute Gasteiger partial charge is 0.322 e. The van der Waals surface area contributed by atoms with Crippen molar-refractivity contribution >= 4 is 63.0 Å². The highest BCUT2D eigenvalue weighted by Crippen LogP contribution is 2.45. The Morgan fingerprint density at radius 1 is 0.741 bits per heavy atom. The molecule has 2 rings (SSSR count). The number of unbranched alkanes of at least 4 members (excludes halogenated alkanes) is 18. The maximum atomic E-state index is 14.6. The van der Waals surface area contributed by atoms with Crippen molar-refractivity contribution in [1.29, 1.82) is 0 Å². The number of hydrogen-bond donors (Lipinski definition) is 2. The topological polar surface area (TPSA) is 55.4 Å². The van der Waals surface area contributed by atoms with Gasteiger partial charge in [-0.1, -0.05) is 192 Å². The van der Waals surface area contributed by atoms with Crippen molar-refractivity contribution in [3.05, 3.63) is 35.4 Å². The molecule has 0 saturated carbocycles. The highest BCUT2D eigenvalue weighted by atomic mass is 32.2. The molecule has 2 unspecified atom stereocenters. The van der Waals surface area contributed by atoms with Crippen LogP contribution < -0.4 is 5.32 Å². The minimum absolute atomic E-state index is 0.0572. The molecule has 1 fully saturated rings. The highest BCUT2D eigenvalue weighted by molar-refractivity contribution is 8.47. The molecule has 1 heterocycles. The van der Waals surface area contributed by atoms with Gasteiger partial charge in [-0.2, -0.15) is 0 Å². The Hall–Kier alpha value is -0.540. The predicted octanol–water partition coefficient (Wildman–Crippen LogP) is 15.8. The van der Waals surface area contributed by atoms with Gasteiger partial charge in [-0.15, -0.1) is 24.4 Å². The van der Waals surface area contributed by atoms with Gasteiger partial charge >= 0.3 is 5.97 Å². The lowest BCUT2D eigenvalue weighted by Gasteiger charge is -2.46. The molecule has 4 nitrogen and oxygen atoms in total. The monoisotopic (exact) mass is 878 g/mol. The first-order chi connectivity index (χ1) is 27.4. The first kappa shape index (κ1) is 53.6. The van der Waals surface area contributed by atoms with Crippen molar-refractivity contribution < 1.29 is 14.3 Å². The van der Waals surface area contributed by atoms with Crippen molar-refractivity contribution in [2.24, 2.45) is 5.41 Å². The average molecular weight is 879 g/mol. The molecule has 0 bridgehead atoms. The quantitative estimate of drug-likeness (QED) is 0.0333. The number of thiocarbonyl (C=S) groups is 1. The highest BCUT2D eigenvalue weighted by Gasteiger charge is 2.45. The van der Waals surface area contributed by atoms with Gasteiger partial charge in [0.2, 0.25) is 0 Å². The number of carbonyl (C=O) groups excluding carboxylic acids is 2. The van der Waals surface area contributed by atoms with Crippen LogP contribution in [0.2, 0.25) is 0 Å². The zero-order valence-corrected chi connectivity index (χ0v) is 42.1. The lowest BCUT2D eigenvalue weighted by Crippen LogP contribution is -2.60. The van der Waals surface area contributed by atoms with Gasteiger partial charge in [-0.3, -0.25) is 9.59 Å². The maximum Gasteiger partial charge on any atom is 0.322 e. The number of thiol groups is 1. The third kappa shape index (κ3) is 22.5. The minimum atomic E-state index is -0.921. The molecule has 0 aliphatic carbocycles. The summed E-state index contributed by atoms with van der Waals surface area (Å²) in [5, 5.41) is 3.60. The van der Waals surface area contributed by atoms with E-state index in [1.54, 1.807) is 11.8 Å². The fourth-order valence-electron chi connectivity index (χ4n) is 8.97. The van der Waals surface area contributed by atoms with Gasteiger partial charge in [-0.25, -0.2) is 0 Å². The number of carbonyl (C=O) groups is 2. The molecular weight excluding hydrogens is 791 g/mol. The fraction of sp³-hybridized carbons (Fsp3) is 0.820. The van der Waals surface area contributed by atoms with Crippen molar-refractivity contribution in [2.45, 2.75) is 251 Å². The van der Waals surface area contributed by atoms with Gasteiger partial charge in [0.15, 0.2) is 5.12 Å². The number of hydrogen-bond acceptors (Lipinski definition) is 7. The standard InChI is InChI=1S/C50H87NO3S4/c1-10-12-14-16-18-20-22-24-26-28-30-40-31-33-41(34-32-40)42(36-47(3,4)45(53)55)37-50(9,44(52)54-43-38-48(5,6)51-49(7,8)39-43)58-46(56)57-35-29-27-25-23-21-19-17-15-13-11-2/h31-34,42-43,51H,10-30,35-39H2,1-9H3,(H,53,55). The van der Waals surface area contributed by atoms with E-state index in [4.69, 9.17) is 17.0 Å². The Labute approximate surface area is 377 Å². The Balaban J connectivity index is 2.16. The maximum absolute atomic E-state index is 14.6. The molecule has 58 heavy (non-hydrogen) atoms. The third-order valence-corrected chi connectivity index (χ3v) is 15.6. The third-order valence-electron chi connectivity index (χ3n) is 12.1.